The van der Waals surface area contributed by atoms with Crippen LogP contribution in [-0.2, 0) is 6.42 Å². The van der Waals surface area contributed by atoms with Gasteiger partial charge < -0.3 is 22.0 Å². The van der Waals surface area contributed by atoms with Gasteiger partial charge in [0.1, 0.15) is 5.75 Å². The summed E-state index contributed by atoms with van der Waals surface area (Å²) in [5.41, 5.74) is 1.04. The van der Waals surface area contributed by atoms with Gasteiger partial charge in [-0.1, -0.05) is 18.2 Å². The molecule has 1 N–H and O–H groups in total. The molecule has 0 saturated heterocycles. The number of likely N-dealkylation sites (N-methyl/N-ethyl adjacent to an activating group) is 1. The molecule has 1 aromatic carbocycles. The molecule has 0 atom stereocenters. The maximum atomic E-state index is 9.50. The highest BCUT2D eigenvalue weighted by Gasteiger charge is 2.08. The maximum absolute atomic E-state index is 9.50. The first-order valence-corrected chi connectivity index (χ1v) is 4.56. The molecule has 3 heteroatoms. The summed E-state index contributed by atoms with van der Waals surface area (Å²) in [5.74, 6) is 0.413. The van der Waals surface area contributed by atoms with Crippen molar-refractivity contribution in [1.82, 2.24) is 0 Å². The second-order valence-electron chi connectivity index (χ2n) is 4.39. The lowest BCUT2D eigenvalue weighted by molar-refractivity contribution is -0.870. The average Bonchev–Trinajstić information content (AvgIpc) is 2.01. The molecular weight excluding hydrogens is 198 g/mol. The molecule has 0 fully saturated rings. The summed E-state index contributed by atoms with van der Waals surface area (Å²) in [5, 5.41) is 9.50. The van der Waals surface area contributed by atoms with Gasteiger partial charge in [-0.2, -0.15) is 0 Å². The minimum atomic E-state index is 0. The monoisotopic (exact) mass is 215 g/mol. The number of para-hydroxylation sites is 1. The van der Waals surface area contributed by atoms with Crippen molar-refractivity contribution < 1.29 is 22.0 Å². The Morgan fingerprint density at radius 3 is 2.21 bits per heavy atom. The molecule has 0 radical (unpaired) electrons. The Bertz CT molecular complexity index is 281. The van der Waals surface area contributed by atoms with Crippen molar-refractivity contribution in [1.29, 1.82) is 0 Å². The summed E-state index contributed by atoms with van der Waals surface area (Å²) < 4.78 is 0.925. The van der Waals surface area contributed by atoms with Gasteiger partial charge in [0.05, 0.1) is 27.7 Å². The number of benzene rings is 1. The molecule has 0 spiro atoms. The topological polar surface area (TPSA) is 20.2 Å². The average molecular weight is 216 g/mol. The molecule has 0 saturated carbocycles. The molecule has 1 rings (SSSR count). The Hall–Kier alpha value is -0.730. The maximum Gasteiger partial charge on any atom is 0.118 e. The van der Waals surface area contributed by atoms with E-state index < -0.39 is 0 Å². The normalized spacial score (nSPS) is 10.8. The van der Waals surface area contributed by atoms with Gasteiger partial charge in [-0.25, -0.2) is 0 Å². The molecule has 14 heavy (non-hydrogen) atoms. The van der Waals surface area contributed by atoms with Crippen LogP contribution in [0.15, 0.2) is 24.3 Å². The van der Waals surface area contributed by atoms with E-state index in [-0.39, 0.29) is 12.4 Å². The van der Waals surface area contributed by atoms with Gasteiger partial charge >= 0.3 is 0 Å². The van der Waals surface area contributed by atoms with E-state index in [0.29, 0.717) is 5.75 Å². The number of nitrogens with zero attached hydrogens (tertiary/aromatic N) is 1. The van der Waals surface area contributed by atoms with Crippen molar-refractivity contribution in [3.8, 4) is 5.75 Å². The highest BCUT2D eigenvalue weighted by atomic mass is 35.5. The van der Waals surface area contributed by atoms with Crippen molar-refractivity contribution in [3.05, 3.63) is 29.8 Å². The lowest BCUT2D eigenvalue weighted by Gasteiger charge is -2.23. The fraction of sp³-hybridized carbons (Fsp3) is 0.455. The van der Waals surface area contributed by atoms with E-state index in [1.165, 1.54) is 0 Å². The summed E-state index contributed by atoms with van der Waals surface area (Å²) >= 11 is 0. The van der Waals surface area contributed by atoms with Crippen LogP contribution in [0.2, 0.25) is 0 Å². The first kappa shape index (κ1) is 13.3. The molecule has 0 amide bonds. The molecule has 0 unspecified atom stereocenters. The molecule has 80 valence electrons. The van der Waals surface area contributed by atoms with E-state index in [1.54, 1.807) is 6.07 Å². The van der Waals surface area contributed by atoms with Gasteiger partial charge in [-0.3, -0.25) is 0 Å². The largest absolute Gasteiger partial charge is 1.00 e. The van der Waals surface area contributed by atoms with Gasteiger partial charge in [0.15, 0.2) is 0 Å². The summed E-state index contributed by atoms with van der Waals surface area (Å²) in [4.78, 5) is 0. The molecule has 0 aliphatic heterocycles. The van der Waals surface area contributed by atoms with Gasteiger partial charge in [0.25, 0.3) is 0 Å². The third-order valence-corrected chi connectivity index (χ3v) is 2.04. The number of hydrogen-bond acceptors (Lipinski definition) is 1. The Kier molecular flexibility index (Phi) is 4.95. The zero-order chi connectivity index (χ0) is 9.90. The van der Waals surface area contributed by atoms with E-state index in [4.69, 9.17) is 0 Å². The number of phenolic OH excluding ortho intramolecular Hbond substituents is 1. The van der Waals surface area contributed by atoms with Gasteiger partial charge in [0.2, 0.25) is 0 Å². The van der Waals surface area contributed by atoms with Crippen molar-refractivity contribution in [2.75, 3.05) is 27.7 Å². The summed E-state index contributed by atoms with van der Waals surface area (Å²) in [7, 11) is 6.46. The van der Waals surface area contributed by atoms with Gasteiger partial charge in [-0.05, 0) is 11.6 Å². The predicted octanol–water partition coefficient (Wildman–Crippen LogP) is -1.36. The highest BCUT2D eigenvalue weighted by molar-refractivity contribution is 5.31. The van der Waals surface area contributed by atoms with Crippen molar-refractivity contribution >= 4 is 0 Å². The SMILES string of the molecule is C[N+](C)(C)CCc1ccccc1O.[Cl-]. The zero-order valence-electron chi connectivity index (χ0n) is 9.00. The zero-order valence-corrected chi connectivity index (χ0v) is 9.75. The first-order chi connectivity index (χ1) is 5.99. The van der Waals surface area contributed by atoms with Crippen LogP contribution in [0, 0.1) is 0 Å². The molecule has 0 bridgehead atoms. The highest BCUT2D eigenvalue weighted by Crippen LogP contribution is 2.16. The Labute approximate surface area is 92.2 Å². The Morgan fingerprint density at radius 2 is 1.71 bits per heavy atom. The number of rotatable bonds is 3. The number of quaternary nitrogens is 1. The van der Waals surface area contributed by atoms with E-state index in [2.05, 4.69) is 21.1 Å². The van der Waals surface area contributed by atoms with Crippen LogP contribution in [0.1, 0.15) is 5.56 Å². The predicted molar refractivity (Wildman–Crippen MR) is 54.7 cm³/mol. The fourth-order valence-electron chi connectivity index (χ4n) is 1.18. The van der Waals surface area contributed by atoms with Crippen LogP contribution < -0.4 is 12.4 Å². The Morgan fingerprint density at radius 1 is 1.14 bits per heavy atom. The van der Waals surface area contributed by atoms with Crippen molar-refractivity contribution in [3.63, 3.8) is 0 Å². The van der Waals surface area contributed by atoms with Crippen molar-refractivity contribution in [2.24, 2.45) is 0 Å². The van der Waals surface area contributed by atoms with E-state index in [9.17, 15) is 5.11 Å². The third kappa shape index (κ3) is 4.49. The van der Waals surface area contributed by atoms with E-state index in [0.717, 1.165) is 23.0 Å². The van der Waals surface area contributed by atoms with Crippen LogP contribution in [0.5, 0.6) is 5.75 Å². The summed E-state index contributed by atoms with van der Waals surface area (Å²) in [6.45, 7) is 1.04. The Balaban J connectivity index is 0.00000169. The second kappa shape index (κ2) is 5.23. The number of phenols is 1. The fourth-order valence-corrected chi connectivity index (χ4v) is 1.18. The molecule has 0 heterocycles. The van der Waals surface area contributed by atoms with Crippen LogP contribution in [-0.4, -0.2) is 37.3 Å². The minimum absolute atomic E-state index is 0. The van der Waals surface area contributed by atoms with Crippen LogP contribution >= 0.6 is 0 Å². The molecule has 0 aliphatic carbocycles. The van der Waals surface area contributed by atoms with E-state index >= 15 is 0 Å². The van der Waals surface area contributed by atoms with Crippen molar-refractivity contribution in [2.45, 2.75) is 6.42 Å². The quantitative estimate of drug-likeness (QED) is 0.618. The van der Waals surface area contributed by atoms with Crippen LogP contribution in [0.4, 0.5) is 0 Å². The van der Waals surface area contributed by atoms with E-state index in [1.807, 2.05) is 18.2 Å². The first-order valence-electron chi connectivity index (χ1n) is 4.56. The standard InChI is InChI=1S/C11H17NO.ClH/c1-12(2,3)9-8-10-6-4-5-7-11(10)13;/h4-7H,8-9H2,1-3H3;1H. The summed E-state index contributed by atoms with van der Waals surface area (Å²) in [6, 6.07) is 7.53. The minimum Gasteiger partial charge on any atom is -1.00 e. The smallest absolute Gasteiger partial charge is 0.118 e. The lowest BCUT2D eigenvalue weighted by atomic mass is 10.1. The van der Waals surface area contributed by atoms with Crippen LogP contribution in [0.3, 0.4) is 0 Å². The molecular formula is C11H18ClNO. The molecule has 0 aliphatic rings. The number of aromatic hydroxyl groups is 1. The lowest BCUT2D eigenvalue weighted by Crippen LogP contribution is -3.00. The number of halogens is 1. The van der Waals surface area contributed by atoms with Crippen LogP contribution in [0.25, 0.3) is 0 Å². The van der Waals surface area contributed by atoms with Gasteiger partial charge in [-0.15, -0.1) is 0 Å². The third-order valence-electron chi connectivity index (χ3n) is 2.04. The molecule has 2 nitrogen and oxygen atoms in total. The molecule has 1 aromatic rings. The number of hydrogen-bond donors (Lipinski definition) is 1. The second-order valence-corrected chi connectivity index (χ2v) is 4.39. The summed E-state index contributed by atoms with van der Waals surface area (Å²) in [6.07, 6.45) is 0.927. The van der Waals surface area contributed by atoms with Gasteiger partial charge in [0, 0.05) is 6.42 Å². The molecule has 0 aromatic heterocycles.